The Kier molecular flexibility index (Phi) is 3.12. The smallest absolute Gasteiger partial charge is 0.303 e. The van der Waals surface area contributed by atoms with E-state index in [9.17, 15) is 9.59 Å². The highest BCUT2D eigenvalue weighted by molar-refractivity contribution is 5.74. The van der Waals surface area contributed by atoms with E-state index in [0.29, 0.717) is 31.2 Å². The van der Waals surface area contributed by atoms with Crippen LogP contribution in [0.1, 0.15) is 30.9 Å². The molecule has 0 unspecified atom stereocenters. The lowest BCUT2D eigenvalue weighted by atomic mass is 10.0. The Balaban J connectivity index is 1.87. The Hall–Kier alpha value is -1.85. The summed E-state index contributed by atoms with van der Waals surface area (Å²) < 4.78 is 5.45. The Labute approximate surface area is 98.2 Å². The highest BCUT2D eigenvalue weighted by Crippen LogP contribution is 2.26. The van der Waals surface area contributed by atoms with Gasteiger partial charge >= 0.3 is 5.97 Å². The third-order valence-electron chi connectivity index (χ3n) is 2.83. The largest absolute Gasteiger partial charge is 0.481 e. The fourth-order valence-corrected chi connectivity index (χ4v) is 1.75. The van der Waals surface area contributed by atoms with Gasteiger partial charge in [-0.3, -0.25) is 9.59 Å². The van der Waals surface area contributed by atoms with Crippen LogP contribution in [0.4, 0.5) is 0 Å². The van der Waals surface area contributed by atoms with Crippen LogP contribution in [0.15, 0.2) is 10.6 Å². The van der Waals surface area contributed by atoms with E-state index in [1.165, 1.54) is 6.92 Å². The van der Waals surface area contributed by atoms with Crippen LogP contribution in [-0.4, -0.2) is 40.0 Å². The van der Waals surface area contributed by atoms with Crippen molar-refractivity contribution in [1.29, 1.82) is 0 Å². The summed E-state index contributed by atoms with van der Waals surface area (Å²) in [6.45, 7) is 2.80. The molecular weight excluding hydrogens is 224 g/mol. The fourth-order valence-electron chi connectivity index (χ4n) is 1.75. The highest BCUT2D eigenvalue weighted by Gasteiger charge is 2.33. The topological polar surface area (TPSA) is 83.6 Å². The second-order valence-electron chi connectivity index (χ2n) is 4.18. The fraction of sp³-hybridized carbons (Fsp3) is 0.545. The van der Waals surface area contributed by atoms with E-state index >= 15 is 0 Å². The Morgan fingerprint density at radius 2 is 2.29 bits per heavy atom. The van der Waals surface area contributed by atoms with Gasteiger partial charge in [-0.05, 0) is 0 Å². The van der Waals surface area contributed by atoms with Gasteiger partial charge in [-0.15, -0.1) is 0 Å². The number of aliphatic carboxylic acids is 1. The van der Waals surface area contributed by atoms with Crippen molar-refractivity contribution < 1.29 is 19.1 Å². The van der Waals surface area contributed by atoms with Gasteiger partial charge in [-0.2, -0.15) is 0 Å². The predicted octanol–water partition coefficient (Wildman–Crippen LogP) is 0.638. The van der Waals surface area contributed by atoms with Gasteiger partial charge in [0.25, 0.3) is 0 Å². The third kappa shape index (κ3) is 2.64. The minimum Gasteiger partial charge on any atom is -0.481 e. The molecule has 0 saturated carbocycles. The Morgan fingerprint density at radius 1 is 1.59 bits per heavy atom. The minimum absolute atomic E-state index is 0.0405. The van der Waals surface area contributed by atoms with E-state index in [0.717, 1.165) is 0 Å². The van der Waals surface area contributed by atoms with Crippen LogP contribution in [0.25, 0.3) is 0 Å². The molecule has 17 heavy (non-hydrogen) atoms. The summed E-state index contributed by atoms with van der Waals surface area (Å²) in [5.41, 5.74) is 0. The van der Waals surface area contributed by atoms with Crippen LogP contribution in [-0.2, 0) is 16.0 Å². The molecule has 1 aliphatic rings. The molecule has 0 radical (unpaired) electrons. The van der Waals surface area contributed by atoms with E-state index < -0.39 is 5.97 Å². The number of rotatable bonds is 4. The second-order valence-corrected chi connectivity index (χ2v) is 4.18. The molecule has 0 spiro atoms. The normalized spacial score (nSPS) is 15.7. The molecule has 6 nitrogen and oxygen atoms in total. The zero-order valence-electron chi connectivity index (χ0n) is 9.55. The molecule has 1 fully saturated rings. The number of nitrogens with zero attached hydrogens (tertiary/aromatic N) is 2. The van der Waals surface area contributed by atoms with Crippen molar-refractivity contribution in [2.75, 3.05) is 13.1 Å². The molecule has 1 aliphatic heterocycles. The van der Waals surface area contributed by atoms with Crippen LogP contribution in [0, 0.1) is 0 Å². The van der Waals surface area contributed by atoms with E-state index in [4.69, 9.17) is 9.52 Å². The monoisotopic (exact) mass is 238 g/mol. The molecule has 1 N–H and O–H groups in total. The number of carboxylic acid groups (broad SMARTS) is 1. The molecule has 1 amide bonds. The lowest BCUT2D eigenvalue weighted by molar-refractivity contribution is -0.137. The van der Waals surface area contributed by atoms with Crippen molar-refractivity contribution in [3.05, 3.63) is 17.8 Å². The van der Waals surface area contributed by atoms with Gasteiger partial charge in [0.15, 0.2) is 0 Å². The summed E-state index contributed by atoms with van der Waals surface area (Å²) in [5, 5.41) is 8.54. The van der Waals surface area contributed by atoms with Gasteiger partial charge in [0.05, 0.1) is 18.5 Å². The van der Waals surface area contributed by atoms with Crippen molar-refractivity contribution in [1.82, 2.24) is 9.88 Å². The molecule has 1 saturated heterocycles. The van der Waals surface area contributed by atoms with Crippen LogP contribution in [0.5, 0.6) is 0 Å². The lowest BCUT2D eigenvalue weighted by Crippen LogP contribution is -2.47. The number of likely N-dealkylation sites (tertiary alicyclic amines) is 1. The van der Waals surface area contributed by atoms with E-state index in [-0.39, 0.29) is 18.2 Å². The summed E-state index contributed by atoms with van der Waals surface area (Å²) in [6, 6.07) is 0. The zero-order chi connectivity index (χ0) is 12.4. The number of amides is 1. The number of carbonyl (C=O) groups is 2. The quantitative estimate of drug-likeness (QED) is 0.832. The Morgan fingerprint density at radius 3 is 2.88 bits per heavy atom. The number of carbonyl (C=O) groups excluding carboxylic acids is 1. The number of hydrogen-bond donors (Lipinski definition) is 1. The molecule has 0 aromatic carbocycles. The Bertz CT molecular complexity index is 434. The summed E-state index contributed by atoms with van der Waals surface area (Å²) in [7, 11) is 0. The molecular formula is C11H14N2O4. The van der Waals surface area contributed by atoms with E-state index in [2.05, 4.69) is 4.98 Å². The van der Waals surface area contributed by atoms with Gasteiger partial charge in [0.2, 0.25) is 11.8 Å². The van der Waals surface area contributed by atoms with Gasteiger partial charge in [0.1, 0.15) is 5.76 Å². The van der Waals surface area contributed by atoms with E-state index in [1.54, 1.807) is 11.1 Å². The van der Waals surface area contributed by atoms with Crippen LogP contribution in [0.2, 0.25) is 0 Å². The molecule has 1 aromatic rings. The lowest BCUT2D eigenvalue weighted by Gasteiger charge is -2.36. The number of aromatic nitrogens is 1. The summed E-state index contributed by atoms with van der Waals surface area (Å²) in [6.07, 6.45) is 1.96. The molecule has 0 bridgehead atoms. The molecule has 6 heteroatoms. The second kappa shape index (κ2) is 4.57. The third-order valence-corrected chi connectivity index (χ3v) is 2.83. The SMILES string of the molecule is CC(=O)N1CC(c2ncc(CCC(=O)O)o2)C1. The van der Waals surface area contributed by atoms with Crippen molar-refractivity contribution in [3.63, 3.8) is 0 Å². The molecule has 0 aliphatic carbocycles. The molecule has 92 valence electrons. The van der Waals surface area contributed by atoms with Crippen LogP contribution < -0.4 is 0 Å². The van der Waals surface area contributed by atoms with Gasteiger partial charge in [-0.25, -0.2) is 4.98 Å². The zero-order valence-corrected chi connectivity index (χ0v) is 9.55. The number of hydrogen-bond acceptors (Lipinski definition) is 4. The average Bonchev–Trinajstić information content (AvgIpc) is 2.60. The molecule has 2 heterocycles. The standard InChI is InChI=1S/C11H14N2O4/c1-7(14)13-5-8(6-13)11-12-4-9(17-11)2-3-10(15)16/h4,8H,2-3,5-6H2,1H3,(H,15,16). The number of oxazole rings is 1. The first kappa shape index (κ1) is 11.6. The first-order valence-corrected chi connectivity index (χ1v) is 5.48. The highest BCUT2D eigenvalue weighted by atomic mass is 16.4. The molecule has 2 rings (SSSR count). The van der Waals surface area contributed by atoms with Crippen molar-refractivity contribution in [3.8, 4) is 0 Å². The maximum Gasteiger partial charge on any atom is 0.303 e. The number of aryl methyl sites for hydroxylation is 1. The maximum atomic E-state index is 11.0. The summed E-state index contributed by atoms with van der Waals surface area (Å²) >= 11 is 0. The average molecular weight is 238 g/mol. The van der Waals surface area contributed by atoms with Gasteiger partial charge < -0.3 is 14.4 Å². The van der Waals surface area contributed by atoms with Gasteiger partial charge in [-0.1, -0.05) is 0 Å². The van der Waals surface area contributed by atoms with Crippen molar-refractivity contribution in [2.24, 2.45) is 0 Å². The number of carboxylic acids is 1. The maximum absolute atomic E-state index is 11.0. The summed E-state index contributed by atoms with van der Waals surface area (Å²) in [5.74, 6) is 0.539. The van der Waals surface area contributed by atoms with Crippen LogP contribution >= 0.6 is 0 Å². The first-order chi connectivity index (χ1) is 8.06. The minimum atomic E-state index is -0.852. The molecule has 1 aromatic heterocycles. The first-order valence-electron chi connectivity index (χ1n) is 5.48. The predicted molar refractivity (Wildman–Crippen MR) is 57.5 cm³/mol. The molecule has 0 atom stereocenters. The van der Waals surface area contributed by atoms with Crippen molar-refractivity contribution in [2.45, 2.75) is 25.7 Å². The van der Waals surface area contributed by atoms with Crippen molar-refractivity contribution >= 4 is 11.9 Å². The summed E-state index contributed by atoms with van der Waals surface area (Å²) in [4.78, 5) is 27.2. The van der Waals surface area contributed by atoms with E-state index in [1.807, 2.05) is 0 Å². The van der Waals surface area contributed by atoms with Crippen LogP contribution in [0.3, 0.4) is 0 Å². The van der Waals surface area contributed by atoms with Gasteiger partial charge in [0, 0.05) is 26.4 Å².